The van der Waals surface area contributed by atoms with Crippen LogP contribution in [0.5, 0.6) is 0 Å². The van der Waals surface area contributed by atoms with Gasteiger partial charge in [0.25, 0.3) is 0 Å². The van der Waals surface area contributed by atoms with Crippen LogP contribution in [0.4, 0.5) is 10.5 Å². The van der Waals surface area contributed by atoms with Gasteiger partial charge in [-0.1, -0.05) is 30.3 Å². The highest BCUT2D eigenvalue weighted by Crippen LogP contribution is 2.27. The van der Waals surface area contributed by atoms with Crippen LogP contribution in [-0.2, 0) is 16.0 Å². The predicted octanol–water partition coefficient (Wildman–Crippen LogP) is 3.31. The Labute approximate surface area is 188 Å². The van der Waals surface area contributed by atoms with Gasteiger partial charge in [-0.2, -0.15) is 0 Å². The average Bonchev–Trinajstić information content (AvgIpc) is 2.88. The van der Waals surface area contributed by atoms with Crippen molar-refractivity contribution >= 4 is 23.3 Å². The Kier molecular flexibility index (Phi) is 7.19. The fourth-order valence-corrected chi connectivity index (χ4v) is 4.00. The van der Waals surface area contributed by atoms with Crippen LogP contribution in [-0.4, -0.2) is 63.4 Å². The first-order chi connectivity index (χ1) is 15.7. The SMILES string of the molecule is COC(=O)c1ccc(CN(C(=O)N2CCOCC2)c2cccc(C3=CCNCC3)c2)cc1. The van der Waals surface area contributed by atoms with E-state index in [9.17, 15) is 9.59 Å². The van der Waals surface area contributed by atoms with E-state index in [1.54, 1.807) is 12.1 Å². The highest BCUT2D eigenvalue weighted by atomic mass is 16.5. The number of morpholine rings is 1. The number of anilines is 1. The standard InChI is InChI=1S/C25H29N3O4/c1-31-24(29)21-7-5-19(6-8-21)18-28(25(30)27-13-15-32-16-14-27)23-4-2-3-22(17-23)20-9-11-26-12-10-20/h2-9,17,26H,10-16,18H2,1H3. The van der Waals surface area contributed by atoms with Gasteiger partial charge in [0.15, 0.2) is 0 Å². The Balaban J connectivity index is 1.62. The van der Waals surface area contributed by atoms with Crippen molar-refractivity contribution in [2.45, 2.75) is 13.0 Å². The normalized spacial score (nSPS) is 16.3. The number of urea groups is 1. The molecule has 0 bridgehead atoms. The monoisotopic (exact) mass is 435 g/mol. The number of nitrogens with zero attached hydrogens (tertiary/aromatic N) is 2. The van der Waals surface area contributed by atoms with Crippen LogP contribution in [0.2, 0.25) is 0 Å². The van der Waals surface area contributed by atoms with Gasteiger partial charge in [0.1, 0.15) is 0 Å². The van der Waals surface area contributed by atoms with Crippen molar-refractivity contribution in [1.82, 2.24) is 10.2 Å². The Morgan fingerprint density at radius 1 is 1.12 bits per heavy atom. The molecule has 2 aromatic carbocycles. The third-order valence-electron chi connectivity index (χ3n) is 5.82. The van der Waals surface area contributed by atoms with Gasteiger partial charge in [-0.25, -0.2) is 9.59 Å². The van der Waals surface area contributed by atoms with Crippen LogP contribution >= 0.6 is 0 Å². The molecule has 4 rings (SSSR count). The van der Waals surface area contributed by atoms with E-state index in [1.807, 2.05) is 34.1 Å². The summed E-state index contributed by atoms with van der Waals surface area (Å²) in [6, 6.07) is 15.3. The van der Waals surface area contributed by atoms with Crippen molar-refractivity contribution in [3.63, 3.8) is 0 Å². The molecule has 0 unspecified atom stereocenters. The molecule has 0 aromatic heterocycles. The summed E-state index contributed by atoms with van der Waals surface area (Å²) >= 11 is 0. The molecular weight excluding hydrogens is 406 g/mol. The maximum atomic E-state index is 13.5. The van der Waals surface area contributed by atoms with E-state index < -0.39 is 0 Å². The van der Waals surface area contributed by atoms with Gasteiger partial charge in [-0.15, -0.1) is 0 Å². The second-order valence-electron chi connectivity index (χ2n) is 7.89. The molecule has 1 saturated heterocycles. The number of rotatable bonds is 5. The molecule has 0 spiro atoms. The number of hydrogen-bond acceptors (Lipinski definition) is 5. The van der Waals surface area contributed by atoms with Crippen molar-refractivity contribution in [2.75, 3.05) is 51.4 Å². The lowest BCUT2D eigenvalue weighted by Crippen LogP contribution is -2.48. The lowest BCUT2D eigenvalue weighted by Gasteiger charge is -2.33. The molecule has 7 heteroatoms. The van der Waals surface area contributed by atoms with Gasteiger partial charge in [-0.05, 0) is 53.9 Å². The molecule has 0 radical (unpaired) electrons. The van der Waals surface area contributed by atoms with Gasteiger partial charge in [0.05, 0.1) is 32.4 Å². The molecule has 0 atom stereocenters. The highest BCUT2D eigenvalue weighted by molar-refractivity contribution is 5.93. The molecule has 1 N–H and O–H groups in total. The number of carbonyl (C=O) groups excluding carboxylic acids is 2. The van der Waals surface area contributed by atoms with Crippen molar-refractivity contribution in [3.8, 4) is 0 Å². The first-order valence-electron chi connectivity index (χ1n) is 11.0. The predicted molar refractivity (Wildman–Crippen MR) is 124 cm³/mol. The molecule has 2 heterocycles. The summed E-state index contributed by atoms with van der Waals surface area (Å²) < 4.78 is 10.2. The molecule has 2 amide bonds. The summed E-state index contributed by atoms with van der Waals surface area (Å²) in [5.41, 5.74) is 4.72. The second kappa shape index (κ2) is 10.4. The van der Waals surface area contributed by atoms with E-state index in [0.29, 0.717) is 38.4 Å². The molecular formula is C25H29N3O4. The first-order valence-corrected chi connectivity index (χ1v) is 11.0. The maximum Gasteiger partial charge on any atom is 0.337 e. The van der Waals surface area contributed by atoms with Crippen molar-refractivity contribution < 1.29 is 19.1 Å². The number of ether oxygens (including phenoxy) is 2. The summed E-state index contributed by atoms with van der Waals surface area (Å²) in [7, 11) is 1.36. The Bertz CT molecular complexity index is 981. The average molecular weight is 436 g/mol. The van der Waals surface area contributed by atoms with Crippen LogP contribution in [0.25, 0.3) is 5.57 Å². The smallest absolute Gasteiger partial charge is 0.337 e. The quantitative estimate of drug-likeness (QED) is 0.730. The molecule has 2 aliphatic heterocycles. The zero-order chi connectivity index (χ0) is 22.3. The highest BCUT2D eigenvalue weighted by Gasteiger charge is 2.25. The van der Waals surface area contributed by atoms with Gasteiger partial charge in [0, 0.05) is 25.3 Å². The number of carbonyl (C=O) groups is 2. The van der Waals surface area contributed by atoms with Crippen molar-refractivity contribution in [3.05, 3.63) is 71.3 Å². The number of nitrogens with one attached hydrogen (secondary N) is 1. The lowest BCUT2D eigenvalue weighted by atomic mass is 9.99. The lowest BCUT2D eigenvalue weighted by molar-refractivity contribution is 0.0548. The minimum absolute atomic E-state index is 0.0400. The van der Waals surface area contributed by atoms with Crippen molar-refractivity contribution in [2.24, 2.45) is 0 Å². The third kappa shape index (κ3) is 5.18. The largest absolute Gasteiger partial charge is 0.465 e. The minimum Gasteiger partial charge on any atom is -0.465 e. The molecule has 2 aromatic rings. The Morgan fingerprint density at radius 2 is 1.91 bits per heavy atom. The number of methoxy groups -OCH3 is 1. The second-order valence-corrected chi connectivity index (χ2v) is 7.89. The zero-order valence-electron chi connectivity index (χ0n) is 18.4. The van der Waals surface area contributed by atoms with Crippen LogP contribution in [0.15, 0.2) is 54.6 Å². The summed E-state index contributed by atoms with van der Waals surface area (Å²) in [5, 5.41) is 3.34. The Morgan fingerprint density at radius 3 is 2.59 bits per heavy atom. The maximum absolute atomic E-state index is 13.5. The molecule has 1 fully saturated rings. The van der Waals surface area contributed by atoms with Gasteiger partial charge < -0.3 is 19.7 Å². The van der Waals surface area contributed by atoms with E-state index in [0.717, 1.165) is 36.3 Å². The van der Waals surface area contributed by atoms with E-state index in [-0.39, 0.29) is 12.0 Å². The molecule has 0 saturated carbocycles. The van der Waals surface area contributed by atoms with Crippen LogP contribution in [0.1, 0.15) is 27.9 Å². The van der Waals surface area contributed by atoms with E-state index in [1.165, 1.54) is 12.7 Å². The summed E-state index contributed by atoms with van der Waals surface area (Å²) in [4.78, 5) is 28.9. The fourth-order valence-electron chi connectivity index (χ4n) is 4.00. The number of amides is 2. The fraction of sp³-hybridized carbons (Fsp3) is 0.360. The van der Waals surface area contributed by atoms with Crippen molar-refractivity contribution in [1.29, 1.82) is 0 Å². The zero-order valence-corrected chi connectivity index (χ0v) is 18.4. The summed E-state index contributed by atoms with van der Waals surface area (Å²) in [6.07, 6.45) is 3.18. The number of esters is 1. The molecule has 7 nitrogen and oxygen atoms in total. The van der Waals surface area contributed by atoms with Gasteiger partial charge in [0.2, 0.25) is 0 Å². The van der Waals surface area contributed by atoms with Crippen LogP contribution in [0.3, 0.4) is 0 Å². The van der Waals surface area contributed by atoms with Gasteiger partial charge in [-0.3, -0.25) is 4.90 Å². The number of hydrogen-bond donors (Lipinski definition) is 1. The van der Waals surface area contributed by atoms with Gasteiger partial charge >= 0.3 is 12.0 Å². The summed E-state index contributed by atoms with van der Waals surface area (Å²) in [5.74, 6) is -0.374. The third-order valence-corrected chi connectivity index (χ3v) is 5.82. The molecule has 0 aliphatic carbocycles. The topological polar surface area (TPSA) is 71.1 Å². The van der Waals surface area contributed by atoms with Crippen LogP contribution < -0.4 is 10.2 Å². The van der Waals surface area contributed by atoms with Crippen LogP contribution in [0, 0.1) is 0 Å². The minimum atomic E-state index is -0.374. The van der Waals surface area contributed by atoms with E-state index in [4.69, 9.17) is 9.47 Å². The summed E-state index contributed by atoms with van der Waals surface area (Å²) in [6.45, 7) is 4.48. The van der Waals surface area contributed by atoms with E-state index >= 15 is 0 Å². The molecule has 2 aliphatic rings. The molecule has 168 valence electrons. The first kappa shape index (κ1) is 22.0. The molecule has 32 heavy (non-hydrogen) atoms. The number of benzene rings is 2. The van der Waals surface area contributed by atoms with E-state index in [2.05, 4.69) is 23.5 Å². The Hall–Kier alpha value is -3.16.